The van der Waals surface area contributed by atoms with E-state index in [0.717, 1.165) is 18.4 Å². The lowest BCUT2D eigenvalue weighted by Crippen LogP contribution is -2.38. The number of carbonyl (C=O) groups excluding carboxylic acids is 1. The average Bonchev–Trinajstić information content (AvgIpc) is 3.01. The van der Waals surface area contributed by atoms with Gasteiger partial charge in [-0.25, -0.2) is 18.4 Å². The van der Waals surface area contributed by atoms with Crippen LogP contribution in [0.15, 0.2) is 30.3 Å². The molecule has 0 saturated carbocycles. The van der Waals surface area contributed by atoms with E-state index in [9.17, 15) is 13.2 Å². The van der Waals surface area contributed by atoms with E-state index in [2.05, 4.69) is 0 Å². The summed E-state index contributed by atoms with van der Waals surface area (Å²) >= 11 is 0. The highest BCUT2D eigenvalue weighted by Crippen LogP contribution is 2.42. The van der Waals surface area contributed by atoms with Crippen molar-refractivity contribution >= 4 is 16.1 Å². The standard InChI is InChI=1S/C15H20N2O4S/c16-22(19,20)10-12-8-13-6-7-14(12)17(13)15(18)21-9-11-4-2-1-3-5-11/h1-5,12-14H,6-10H2,(H2,16,19,20). The Labute approximate surface area is 130 Å². The molecule has 1 aromatic carbocycles. The zero-order chi connectivity index (χ0) is 15.7. The van der Waals surface area contributed by atoms with Gasteiger partial charge in [0.05, 0.1) is 5.75 Å². The number of ether oxygens (including phenoxy) is 1. The molecule has 120 valence electrons. The van der Waals surface area contributed by atoms with Crippen LogP contribution in [-0.2, 0) is 21.4 Å². The molecule has 2 aliphatic rings. The van der Waals surface area contributed by atoms with Crippen molar-refractivity contribution in [2.45, 2.75) is 38.0 Å². The number of sulfonamides is 1. The average molecular weight is 324 g/mol. The predicted octanol–water partition coefficient (Wildman–Crippen LogP) is 1.46. The summed E-state index contributed by atoms with van der Waals surface area (Å²) in [6.45, 7) is 0.232. The van der Waals surface area contributed by atoms with E-state index in [4.69, 9.17) is 9.88 Å². The van der Waals surface area contributed by atoms with Gasteiger partial charge in [0, 0.05) is 12.1 Å². The largest absolute Gasteiger partial charge is 0.445 e. The molecule has 2 fully saturated rings. The Morgan fingerprint density at radius 1 is 1.27 bits per heavy atom. The first-order valence-electron chi connectivity index (χ1n) is 7.43. The zero-order valence-electron chi connectivity index (χ0n) is 12.2. The van der Waals surface area contributed by atoms with E-state index in [1.807, 2.05) is 30.3 Å². The van der Waals surface area contributed by atoms with Crippen LogP contribution in [0.5, 0.6) is 0 Å². The van der Waals surface area contributed by atoms with Crippen LogP contribution >= 0.6 is 0 Å². The van der Waals surface area contributed by atoms with Crippen LogP contribution < -0.4 is 5.14 Å². The van der Waals surface area contributed by atoms with Crippen LogP contribution in [0.25, 0.3) is 0 Å². The lowest BCUT2D eigenvalue weighted by molar-refractivity contribution is 0.0891. The smallest absolute Gasteiger partial charge is 0.410 e. The quantitative estimate of drug-likeness (QED) is 0.908. The van der Waals surface area contributed by atoms with Crippen LogP contribution in [0.3, 0.4) is 0 Å². The number of primary sulfonamides is 1. The maximum Gasteiger partial charge on any atom is 0.410 e. The Hall–Kier alpha value is -1.60. The summed E-state index contributed by atoms with van der Waals surface area (Å²) in [6, 6.07) is 9.51. The highest BCUT2D eigenvalue weighted by molar-refractivity contribution is 7.89. The number of rotatable bonds is 4. The van der Waals surface area contributed by atoms with Crippen molar-refractivity contribution < 1.29 is 17.9 Å². The second-order valence-corrected chi connectivity index (χ2v) is 7.73. The minimum absolute atomic E-state index is 0.0589. The zero-order valence-corrected chi connectivity index (χ0v) is 13.0. The molecular formula is C15H20N2O4S. The van der Waals surface area contributed by atoms with Crippen LogP contribution in [0.4, 0.5) is 4.79 Å². The van der Waals surface area contributed by atoms with Gasteiger partial charge in [-0.1, -0.05) is 30.3 Å². The Bertz CT molecular complexity index is 647. The summed E-state index contributed by atoms with van der Waals surface area (Å²) in [6.07, 6.45) is 2.08. The number of nitrogens with two attached hydrogens (primary N) is 1. The van der Waals surface area contributed by atoms with Gasteiger partial charge in [-0.05, 0) is 30.7 Å². The molecule has 0 radical (unpaired) electrons. The van der Waals surface area contributed by atoms with Gasteiger partial charge < -0.3 is 9.64 Å². The third kappa shape index (κ3) is 3.25. The van der Waals surface area contributed by atoms with Gasteiger partial charge in [0.1, 0.15) is 6.61 Å². The summed E-state index contributed by atoms with van der Waals surface area (Å²) in [4.78, 5) is 14.0. The number of nitrogens with zero attached hydrogens (tertiary/aromatic N) is 1. The van der Waals surface area contributed by atoms with E-state index >= 15 is 0 Å². The third-order valence-electron chi connectivity index (χ3n) is 4.53. The number of benzene rings is 1. The Morgan fingerprint density at radius 3 is 2.68 bits per heavy atom. The molecule has 1 aromatic rings. The summed E-state index contributed by atoms with van der Waals surface area (Å²) in [7, 11) is -3.51. The van der Waals surface area contributed by atoms with E-state index in [-0.39, 0.29) is 36.5 Å². The number of carbonyl (C=O) groups is 1. The summed E-state index contributed by atoms with van der Waals surface area (Å²) in [5.41, 5.74) is 0.934. The molecule has 0 spiro atoms. The summed E-state index contributed by atoms with van der Waals surface area (Å²) in [5.74, 6) is -0.130. The van der Waals surface area contributed by atoms with Crippen molar-refractivity contribution in [1.29, 1.82) is 0 Å². The molecule has 2 bridgehead atoms. The van der Waals surface area contributed by atoms with Crippen LogP contribution in [0.2, 0.25) is 0 Å². The highest BCUT2D eigenvalue weighted by Gasteiger charge is 2.50. The molecule has 2 N–H and O–H groups in total. The molecular weight excluding hydrogens is 304 g/mol. The third-order valence-corrected chi connectivity index (χ3v) is 5.42. The monoisotopic (exact) mass is 324 g/mol. The van der Waals surface area contributed by atoms with Crippen molar-refractivity contribution in [2.75, 3.05) is 5.75 Å². The first-order valence-corrected chi connectivity index (χ1v) is 9.15. The molecule has 3 rings (SSSR count). The fourth-order valence-corrected chi connectivity index (χ4v) is 4.62. The number of fused-ring (bicyclic) bond motifs is 2. The molecule has 7 heteroatoms. The Balaban J connectivity index is 1.61. The fourth-order valence-electron chi connectivity index (χ4n) is 3.67. The second kappa shape index (κ2) is 5.89. The SMILES string of the molecule is NS(=O)(=O)CC1CC2CCC1N2C(=O)OCc1ccccc1. The van der Waals surface area contributed by atoms with Crippen LogP contribution in [0.1, 0.15) is 24.8 Å². The van der Waals surface area contributed by atoms with Gasteiger partial charge in [-0.3, -0.25) is 0 Å². The molecule has 1 amide bonds. The van der Waals surface area contributed by atoms with Crippen molar-refractivity contribution in [3.05, 3.63) is 35.9 Å². The summed E-state index contributed by atoms with van der Waals surface area (Å²) in [5, 5.41) is 5.14. The lowest BCUT2D eigenvalue weighted by Gasteiger charge is -2.23. The molecule has 0 aliphatic carbocycles. The van der Waals surface area contributed by atoms with E-state index < -0.39 is 10.0 Å². The first kappa shape index (κ1) is 15.3. The number of amides is 1. The minimum atomic E-state index is -3.51. The van der Waals surface area contributed by atoms with Crippen LogP contribution in [-0.4, -0.2) is 37.2 Å². The number of hydrogen-bond acceptors (Lipinski definition) is 4. The lowest BCUT2D eigenvalue weighted by atomic mass is 9.91. The first-order chi connectivity index (χ1) is 10.4. The van der Waals surface area contributed by atoms with Gasteiger partial charge in [-0.2, -0.15) is 0 Å². The predicted molar refractivity (Wildman–Crippen MR) is 81.4 cm³/mol. The van der Waals surface area contributed by atoms with Gasteiger partial charge in [0.2, 0.25) is 10.0 Å². The minimum Gasteiger partial charge on any atom is -0.445 e. The maximum absolute atomic E-state index is 12.3. The van der Waals surface area contributed by atoms with E-state index in [0.29, 0.717) is 6.42 Å². The molecule has 2 saturated heterocycles. The topological polar surface area (TPSA) is 89.7 Å². The van der Waals surface area contributed by atoms with E-state index in [1.54, 1.807) is 4.90 Å². The van der Waals surface area contributed by atoms with Gasteiger partial charge in [0.15, 0.2) is 0 Å². The maximum atomic E-state index is 12.3. The highest BCUT2D eigenvalue weighted by atomic mass is 32.2. The van der Waals surface area contributed by atoms with Gasteiger partial charge >= 0.3 is 6.09 Å². The molecule has 2 heterocycles. The van der Waals surface area contributed by atoms with Crippen molar-refractivity contribution in [3.63, 3.8) is 0 Å². The molecule has 0 aromatic heterocycles. The fraction of sp³-hybridized carbons (Fsp3) is 0.533. The van der Waals surface area contributed by atoms with E-state index in [1.165, 1.54) is 0 Å². The molecule has 22 heavy (non-hydrogen) atoms. The Morgan fingerprint density at radius 2 is 2.00 bits per heavy atom. The van der Waals surface area contributed by atoms with Crippen LogP contribution in [0, 0.1) is 5.92 Å². The second-order valence-electron chi connectivity index (χ2n) is 6.07. The molecule has 6 nitrogen and oxygen atoms in total. The van der Waals surface area contributed by atoms with Crippen molar-refractivity contribution in [1.82, 2.24) is 4.90 Å². The van der Waals surface area contributed by atoms with Crippen molar-refractivity contribution in [3.8, 4) is 0 Å². The molecule has 3 unspecified atom stereocenters. The summed E-state index contributed by atoms with van der Waals surface area (Å²) < 4.78 is 28.0. The molecule has 2 aliphatic heterocycles. The Kier molecular flexibility index (Phi) is 4.10. The number of hydrogen-bond donors (Lipinski definition) is 1. The molecule has 3 atom stereocenters. The normalized spacial score (nSPS) is 27.1. The van der Waals surface area contributed by atoms with Crippen molar-refractivity contribution in [2.24, 2.45) is 11.1 Å². The van der Waals surface area contributed by atoms with Gasteiger partial charge in [0.25, 0.3) is 0 Å². The van der Waals surface area contributed by atoms with Gasteiger partial charge in [-0.15, -0.1) is 0 Å².